The Bertz CT molecular complexity index is 1320. The second-order valence-electron chi connectivity index (χ2n) is 7.85. The molecule has 2 aromatic carbocycles. The summed E-state index contributed by atoms with van der Waals surface area (Å²) < 4.78 is 7.06. The van der Waals surface area contributed by atoms with Crippen LogP contribution in [0.3, 0.4) is 0 Å². The third-order valence-electron chi connectivity index (χ3n) is 5.78. The smallest absolute Gasteiger partial charge is 0.258 e. The van der Waals surface area contributed by atoms with E-state index in [-0.39, 0.29) is 5.91 Å². The molecule has 4 aromatic rings. The van der Waals surface area contributed by atoms with Crippen LogP contribution in [-0.2, 0) is 20.1 Å². The first-order chi connectivity index (χ1) is 15.0. The van der Waals surface area contributed by atoms with E-state index in [0.29, 0.717) is 24.3 Å². The molecule has 0 atom stereocenters. The Morgan fingerprint density at radius 2 is 1.94 bits per heavy atom. The predicted octanol–water partition coefficient (Wildman–Crippen LogP) is 3.69. The number of hydrogen-bond donors (Lipinski definition) is 1. The van der Waals surface area contributed by atoms with Crippen molar-refractivity contribution >= 4 is 22.5 Å². The molecule has 31 heavy (non-hydrogen) atoms. The number of hydrogen-bond acceptors (Lipinski definition) is 5. The molecule has 0 radical (unpaired) electrons. The lowest BCUT2D eigenvalue weighted by Gasteiger charge is -2.15. The molecule has 156 valence electrons. The molecule has 1 aliphatic heterocycles. The van der Waals surface area contributed by atoms with E-state index in [1.807, 2.05) is 67.2 Å². The molecule has 0 bridgehead atoms. The van der Waals surface area contributed by atoms with Crippen LogP contribution in [0.5, 0.6) is 5.75 Å². The van der Waals surface area contributed by atoms with Crippen LogP contribution in [0, 0.1) is 6.92 Å². The maximum atomic E-state index is 13.2. The molecule has 0 spiro atoms. The van der Waals surface area contributed by atoms with Crippen molar-refractivity contribution in [2.45, 2.75) is 20.0 Å². The monoisotopic (exact) mass is 413 g/mol. The number of aryl methyl sites for hydroxylation is 2. The first-order valence-corrected chi connectivity index (χ1v) is 10.1. The van der Waals surface area contributed by atoms with Crippen molar-refractivity contribution in [2.75, 3.05) is 12.8 Å². The van der Waals surface area contributed by atoms with Gasteiger partial charge in [0.2, 0.25) is 0 Å². The van der Waals surface area contributed by atoms with Crippen molar-refractivity contribution in [3.63, 3.8) is 0 Å². The third kappa shape index (κ3) is 3.09. The van der Waals surface area contributed by atoms with Crippen LogP contribution in [-0.4, -0.2) is 32.7 Å². The Morgan fingerprint density at radius 1 is 1.16 bits per heavy atom. The summed E-state index contributed by atoms with van der Waals surface area (Å²) >= 11 is 0. The molecule has 0 aliphatic carbocycles. The Kier molecular flexibility index (Phi) is 4.39. The zero-order chi connectivity index (χ0) is 21.7. The minimum absolute atomic E-state index is 0.0838. The minimum atomic E-state index is -0.0838. The topological polar surface area (TPSA) is 86.3 Å². The van der Waals surface area contributed by atoms with Crippen molar-refractivity contribution in [3.8, 4) is 17.0 Å². The summed E-state index contributed by atoms with van der Waals surface area (Å²) in [5.74, 6) is 0.703. The maximum absolute atomic E-state index is 13.2. The van der Waals surface area contributed by atoms with E-state index in [9.17, 15) is 4.79 Å². The van der Waals surface area contributed by atoms with E-state index in [1.54, 1.807) is 12.0 Å². The van der Waals surface area contributed by atoms with Crippen LogP contribution in [0.25, 0.3) is 22.2 Å². The molecule has 1 amide bonds. The quantitative estimate of drug-likeness (QED) is 0.551. The van der Waals surface area contributed by atoms with Gasteiger partial charge in [-0.05, 0) is 30.7 Å². The number of nitrogens with two attached hydrogens (primary N) is 1. The summed E-state index contributed by atoms with van der Waals surface area (Å²) in [7, 11) is 3.55. The molecule has 0 unspecified atom stereocenters. The summed E-state index contributed by atoms with van der Waals surface area (Å²) in [4.78, 5) is 19.9. The number of ether oxygens (including phenoxy) is 1. The van der Waals surface area contributed by atoms with E-state index in [1.165, 1.54) is 0 Å². The van der Waals surface area contributed by atoms with Gasteiger partial charge in [-0.25, -0.2) is 4.98 Å². The average Bonchev–Trinajstić information content (AvgIpc) is 3.26. The largest absolute Gasteiger partial charge is 0.497 e. The molecule has 3 heterocycles. The molecule has 2 N–H and O–H groups in total. The number of anilines is 1. The number of fused-ring (bicyclic) bond motifs is 2. The van der Waals surface area contributed by atoms with Crippen LogP contribution in [0.1, 0.15) is 27.3 Å². The van der Waals surface area contributed by atoms with Crippen LogP contribution in [0.15, 0.2) is 48.5 Å². The van der Waals surface area contributed by atoms with E-state index < -0.39 is 0 Å². The molecule has 0 fully saturated rings. The van der Waals surface area contributed by atoms with Crippen molar-refractivity contribution in [3.05, 3.63) is 71.0 Å². The van der Waals surface area contributed by atoms with Gasteiger partial charge in [-0.2, -0.15) is 5.10 Å². The van der Waals surface area contributed by atoms with Gasteiger partial charge < -0.3 is 15.4 Å². The van der Waals surface area contributed by atoms with Crippen LogP contribution < -0.4 is 10.5 Å². The molecule has 2 aromatic heterocycles. The number of para-hydroxylation sites is 1. The number of aromatic nitrogens is 3. The number of carbonyl (C=O) groups is 1. The lowest BCUT2D eigenvalue weighted by molar-refractivity contribution is 0.0767. The fraction of sp³-hybridized carbons (Fsp3) is 0.208. The SMILES string of the molecule is COc1ccc(CN2Cc3nc4c(-c5cc(C)nn5C)cccc4c(N)c3C2=O)cc1. The van der Waals surface area contributed by atoms with Crippen molar-refractivity contribution in [1.82, 2.24) is 19.7 Å². The van der Waals surface area contributed by atoms with Crippen LogP contribution >= 0.6 is 0 Å². The predicted molar refractivity (Wildman–Crippen MR) is 120 cm³/mol. The summed E-state index contributed by atoms with van der Waals surface area (Å²) in [6.07, 6.45) is 0. The highest BCUT2D eigenvalue weighted by atomic mass is 16.5. The number of methoxy groups -OCH3 is 1. The molecule has 5 rings (SSSR count). The summed E-state index contributed by atoms with van der Waals surface area (Å²) in [5, 5.41) is 5.25. The third-order valence-corrected chi connectivity index (χ3v) is 5.78. The van der Waals surface area contributed by atoms with Gasteiger partial charge in [-0.15, -0.1) is 0 Å². The zero-order valence-corrected chi connectivity index (χ0v) is 17.7. The first-order valence-electron chi connectivity index (χ1n) is 10.1. The van der Waals surface area contributed by atoms with E-state index in [4.69, 9.17) is 15.5 Å². The second kappa shape index (κ2) is 7.12. The molecule has 0 saturated heterocycles. The van der Waals surface area contributed by atoms with Crippen molar-refractivity contribution in [1.29, 1.82) is 0 Å². The van der Waals surface area contributed by atoms with Gasteiger partial charge in [0.1, 0.15) is 5.75 Å². The van der Waals surface area contributed by atoms with Gasteiger partial charge in [0.05, 0.1) is 47.5 Å². The van der Waals surface area contributed by atoms with Gasteiger partial charge >= 0.3 is 0 Å². The fourth-order valence-electron chi connectivity index (χ4n) is 4.27. The van der Waals surface area contributed by atoms with Crippen molar-refractivity contribution < 1.29 is 9.53 Å². The number of amides is 1. The number of benzene rings is 2. The van der Waals surface area contributed by atoms with Gasteiger partial charge in [-0.1, -0.05) is 30.3 Å². The molecular weight excluding hydrogens is 390 g/mol. The van der Waals surface area contributed by atoms with E-state index in [0.717, 1.165) is 44.9 Å². The Balaban J connectivity index is 1.56. The molecule has 1 aliphatic rings. The Labute approximate surface area is 180 Å². The van der Waals surface area contributed by atoms with Gasteiger partial charge in [0, 0.05) is 24.5 Å². The van der Waals surface area contributed by atoms with E-state index in [2.05, 4.69) is 5.10 Å². The zero-order valence-electron chi connectivity index (χ0n) is 17.7. The first kappa shape index (κ1) is 19.1. The fourth-order valence-corrected chi connectivity index (χ4v) is 4.27. The number of pyridine rings is 1. The summed E-state index contributed by atoms with van der Waals surface area (Å²) in [6.45, 7) is 2.88. The molecular formula is C24H23N5O2. The van der Waals surface area contributed by atoms with Crippen LogP contribution in [0.2, 0.25) is 0 Å². The normalized spacial score (nSPS) is 13.1. The van der Waals surface area contributed by atoms with Crippen molar-refractivity contribution in [2.24, 2.45) is 7.05 Å². The lowest BCUT2D eigenvalue weighted by Crippen LogP contribution is -2.23. The number of nitrogens with zero attached hydrogens (tertiary/aromatic N) is 4. The summed E-state index contributed by atoms with van der Waals surface area (Å²) in [5.41, 5.74) is 12.9. The number of nitrogen functional groups attached to an aromatic ring is 1. The standard InChI is InChI=1S/C24H23N5O2/c1-14-11-20(28(2)27-14)17-5-4-6-18-22(25)21-19(26-23(17)18)13-29(24(21)30)12-15-7-9-16(31-3)10-8-15/h4-11H,12-13H2,1-3H3,(H2,25,26). The molecule has 7 heteroatoms. The van der Waals surface area contributed by atoms with E-state index >= 15 is 0 Å². The Hall–Kier alpha value is -3.87. The second-order valence-corrected chi connectivity index (χ2v) is 7.85. The molecule has 0 saturated carbocycles. The van der Waals surface area contributed by atoms with Gasteiger partial charge in [-0.3, -0.25) is 9.48 Å². The highest BCUT2D eigenvalue weighted by Gasteiger charge is 2.32. The number of rotatable bonds is 4. The Morgan fingerprint density at radius 3 is 2.61 bits per heavy atom. The van der Waals surface area contributed by atoms with Gasteiger partial charge in [0.25, 0.3) is 5.91 Å². The highest BCUT2D eigenvalue weighted by Crippen LogP contribution is 2.37. The van der Waals surface area contributed by atoms with Gasteiger partial charge in [0.15, 0.2) is 0 Å². The van der Waals surface area contributed by atoms with Crippen LogP contribution in [0.4, 0.5) is 5.69 Å². The lowest BCUT2D eigenvalue weighted by atomic mass is 10.0. The minimum Gasteiger partial charge on any atom is -0.497 e. The highest BCUT2D eigenvalue weighted by molar-refractivity contribution is 6.11. The molecule has 7 nitrogen and oxygen atoms in total. The number of carbonyl (C=O) groups excluding carboxylic acids is 1. The maximum Gasteiger partial charge on any atom is 0.258 e. The summed E-state index contributed by atoms with van der Waals surface area (Å²) in [6, 6.07) is 15.6. The average molecular weight is 413 g/mol.